The van der Waals surface area contributed by atoms with Crippen molar-refractivity contribution in [3.8, 4) is 0 Å². The number of nitro groups is 1. The molecule has 7 heteroatoms. The first-order chi connectivity index (χ1) is 9.88. The molecule has 0 fully saturated rings. The van der Waals surface area contributed by atoms with Crippen LogP contribution in [-0.2, 0) is 0 Å². The van der Waals surface area contributed by atoms with E-state index in [4.69, 9.17) is 5.73 Å². The van der Waals surface area contributed by atoms with Crippen molar-refractivity contribution in [1.29, 1.82) is 0 Å². The molecule has 2 rings (SSSR count). The van der Waals surface area contributed by atoms with Crippen LogP contribution in [0, 0.1) is 17.0 Å². The predicted octanol–water partition coefficient (Wildman–Crippen LogP) is 3.50. The van der Waals surface area contributed by atoms with E-state index in [1.807, 2.05) is 0 Å². The number of nitrogens with two attached hydrogens (primary N) is 1. The molecular formula is C14H12BrN3O3. The number of benzene rings is 2. The van der Waals surface area contributed by atoms with E-state index in [2.05, 4.69) is 21.2 Å². The second-order valence-electron chi connectivity index (χ2n) is 4.45. The fraction of sp³-hybridized carbons (Fsp3) is 0.0714. The molecule has 0 unspecified atom stereocenters. The molecule has 0 atom stereocenters. The fourth-order valence-corrected chi connectivity index (χ4v) is 2.32. The van der Waals surface area contributed by atoms with E-state index in [0.29, 0.717) is 21.4 Å². The standard InChI is InChI=1S/C14H12BrN3O3/c1-8-6-9(16)2-4-11(8)14(19)17-13-5-3-10(18(20)21)7-12(13)15/h2-7H,16H2,1H3,(H,17,19). The van der Waals surface area contributed by atoms with Gasteiger partial charge in [-0.25, -0.2) is 0 Å². The second-order valence-corrected chi connectivity index (χ2v) is 5.30. The molecule has 0 saturated heterocycles. The Bertz CT molecular complexity index is 731. The third-order valence-electron chi connectivity index (χ3n) is 2.91. The lowest BCUT2D eigenvalue weighted by Gasteiger charge is -2.09. The zero-order valence-corrected chi connectivity index (χ0v) is 12.7. The topological polar surface area (TPSA) is 98.3 Å². The third-order valence-corrected chi connectivity index (χ3v) is 3.56. The molecule has 0 aromatic heterocycles. The Morgan fingerprint density at radius 2 is 2.00 bits per heavy atom. The Morgan fingerprint density at radius 3 is 2.57 bits per heavy atom. The minimum atomic E-state index is -0.500. The van der Waals surface area contributed by atoms with Gasteiger partial charge in [-0.15, -0.1) is 0 Å². The number of hydrogen-bond acceptors (Lipinski definition) is 4. The van der Waals surface area contributed by atoms with Crippen LogP contribution in [0.25, 0.3) is 0 Å². The lowest BCUT2D eigenvalue weighted by molar-refractivity contribution is -0.384. The number of non-ortho nitro benzene ring substituents is 1. The Kier molecular flexibility index (Phi) is 4.23. The van der Waals surface area contributed by atoms with Crippen LogP contribution in [-0.4, -0.2) is 10.8 Å². The molecule has 2 aromatic rings. The van der Waals surface area contributed by atoms with Crippen LogP contribution in [0.5, 0.6) is 0 Å². The zero-order valence-electron chi connectivity index (χ0n) is 11.1. The molecule has 0 saturated carbocycles. The van der Waals surface area contributed by atoms with Crippen molar-refractivity contribution in [3.63, 3.8) is 0 Å². The molecule has 1 amide bonds. The maximum atomic E-state index is 12.2. The summed E-state index contributed by atoms with van der Waals surface area (Å²) in [7, 11) is 0. The van der Waals surface area contributed by atoms with E-state index in [1.54, 1.807) is 25.1 Å². The maximum Gasteiger partial charge on any atom is 0.270 e. The summed E-state index contributed by atoms with van der Waals surface area (Å²) >= 11 is 3.21. The number of anilines is 2. The SMILES string of the molecule is Cc1cc(N)ccc1C(=O)Nc1ccc([N+](=O)[O-])cc1Br. The van der Waals surface area contributed by atoms with Crippen molar-refractivity contribution in [2.75, 3.05) is 11.1 Å². The minimum Gasteiger partial charge on any atom is -0.399 e. The molecule has 21 heavy (non-hydrogen) atoms. The lowest BCUT2D eigenvalue weighted by Crippen LogP contribution is -2.14. The summed E-state index contributed by atoms with van der Waals surface area (Å²) < 4.78 is 0.443. The number of aryl methyl sites for hydroxylation is 1. The van der Waals surface area contributed by atoms with Crippen LogP contribution in [0.1, 0.15) is 15.9 Å². The van der Waals surface area contributed by atoms with Gasteiger partial charge in [0.2, 0.25) is 0 Å². The molecule has 3 N–H and O–H groups in total. The minimum absolute atomic E-state index is 0.0523. The largest absolute Gasteiger partial charge is 0.399 e. The first-order valence-electron chi connectivity index (χ1n) is 6.00. The van der Waals surface area contributed by atoms with Crippen LogP contribution in [0.3, 0.4) is 0 Å². The van der Waals surface area contributed by atoms with Crippen molar-refractivity contribution in [2.45, 2.75) is 6.92 Å². The van der Waals surface area contributed by atoms with Gasteiger partial charge in [-0.05, 0) is 52.7 Å². The molecule has 108 valence electrons. The maximum absolute atomic E-state index is 12.2. The van der Waals surface area contributed by atoms with Crippen LogP contribution >= 0.6 is 15.9 Å². The summed E-state index contributed by atoms with van der Waals surface area (Å²) in [4.78, 5) is 22.4. The van der Waals surface area contributed by atoms with Gasteiger partial charge >= 0.3 is 0 Å². The van der Waals surface area contributed by atoms with Gasteiger partial charge in [0.05, 0.1) is 10.6 Å². The van der Waals surface area contributed by atoms with Gasteiger partial charge in [0.1, 0.15) is 0 Å². The van der Waals surface area contributed by atoms with Gasteiger partial charge in [0.15, 0.2) is 0 Å². The Balaban J connectivity index is 2.25. The van der Waals surface area contributed by atoms with Crippen LogP contribution in [0.15, 0.2) is 40.9 Å². The Hall–Kier alpha value is -2.41. The summed E-state index contributed by atoms with van der Waals surface area (Å²) in [6.07, 6.45) is 0. The quantitative estimate of drug-likeness (QED) is 0.503. The van der Waals surface area contributed by atoms with Gasteiger partial charge in [-0.2, -0.15) is 0 Å². The van der Waals surface area contributed by atoms with Crippen LogP contribution < -0.4 is 11.1 Å². The van der Waals surface area contributed by atoms with Crippen LogP contribution in [0.4, 0.5) is 17.1 Å². The summed E-state index contributed by atoms with van der Waals surface area (Å²) in [5.41, 5.74) is 7.89. The number of nitro benzene ring substituents is 1. The zero-order chi connectivity index (χ0) is 15.6. The van der Waals surface area contributed by atoms with Gasteiger partial charge in [0.25, 0.3) is 11.6 Å². The number of nitrogens with one attached hydrogen (secondary N) is 1. The monoisotopic (exact) mass is 349 g/mol. The molecule has 0 spiro atoms. The van der Waals surface area contributed by atoms with Crippen molar-refractivity contribution in [1.82, 2.24) is 0 Å². The fourth-order valence-electron chi connectivity index (χ4n) is 1.85. The number of rotatable bonds is 3. The number of nitrogen functional groups attached to an aromatic ring is 1. The summed E-state index contributed by atoms with van der Waals surface area (Å²) in [5.74, 6) is -0.304. The van der Waals surface area contributed by atoms with E-state index in [9.17, 15) is 14.9 Å². The third kappa shape index (κ3) is 3.38. The van der Waals surface area contributed by atoms with Crippen LogP contribution in [0.2, 0.25) is 0 Å². The lowest BCUT2D eigenvalue weighted by atomic mass is 10.1. The van der Waals surface area contributed by atoms with Crippen molar-refractivity contribution in [2.24, 2.45) is 0 Å². The molecule has 0 heterocycles. The number of halogens is 1. The predicted molar refractivity (Wildman–Crippen MR) is 84.3 cm³/mol. The van der Waals surface area contributed by atoms with Gasteiger partial charge < -0.3 is 11.1 Å². The Morgan fingerprint density at radius 1 is 1.29 bits per heavy atom. The van der Waals surface area contributed by atoms with E-state index in [1.165, 1.54) is 18.2 Å². The molecular weight excluding hydrogens is 338 g/mol. The highest BCUT2D eigenvalue weighted by Crippen LogP contribution is 2.27. The molecule has 0 aliphatic carbocycles. The van der Waals surface area contributed by atoms with E-state index in [0.717, 1.165) is 5.56 Å². The summed E-state index contributed by atoms with van der Waals surface area (Å²) in [6, 6.07) is 9.14. The van der Waals surface area contributed by atoms with E-state index >= 15 is 0 Å². The van der Waals surface area contributed by atoms with Crippen molar-refractivity contribution in [3.05, 3.63) is 62.1 Å². The molecule has 2 aromatic carbocycles. The summed E-state index contributed by atoms with van der Waals surface area (Å²) in [5, 5.41) is 13.4. The van der Waals surface area contributed by atoms with E-state index < -0.39 is 4.92 Å². The normalized spacial score (nSPS) is 10.2. The van der Waals surface area contributed by atoms with Gasteiger partial charge in [-0.1, -0.05) is 0 Å². The van der Waals surface area contributed by atoms with Gasteiger partial charge in [0, 0.05) is 27.9 Å². The van der Waals surface area contributed by atoms with Crippen molar-refractivity contribution < 1.29 is 9.72 Å². The number of nitrogens with zero attached hydrogens (tertiary/aromatic N) is 1. The highest BCUT2D eigenvalue weighted by Gasteiger charge is 2.13. The average Bonchev–Trinajstić information content (AvgIpc) is 2.40. The second kappa shape index (κ2) is 5.92. The molecule has 6 nitrogen and oxygen atoms in total. The smallest absolute Gasteiger partial charge is 0.270 e. The highest BCUT2D eigenvalue weighted by molar-refractivity contribution is 9.10. The van der Waals surface area contributed by atoms with E-state index in [-0.39, 0.29) is 11.6 Å². The Labute approximate surface area is 129 Å². The molecule has 0 bridgehead atoms. The first-order valence-corrected chi connectivity index (χ1v) is 6.79. The molecule has 0 radical (unpaired) electrons. The number of carbonyl (C=O) groups is 1. The molecule has 0 aliphatic heterocycles. The first kappa shape index (κ1) is 15.0. The number of carbonyl (C=O) groups excluding carboxylic acids is 1. The average molecular weight is 350 g/mol. The van der Waals surface area contributed by atoms with Crippen molar-refractivity contribution >= 4 is 38.9 Å². The van der Waals surface area contributed by atoms with Gasteiger partial charge in [-0.3, -0.25) is 14.9 Å². The summed E-state index contributed by atoms with van der Waals surface area (Å²) in [6.45, 7) is 1.79. The highest BCUT2D eigenvalue weighted by atomic mass is 79.9. The number of amides is 1. The molecule has 0 aliphatic rings. The number of hydrogen-bond donors (Lipinski definition) is 2.